The zero-order valence-corrected chi connectivity index (χ0v) is 14.5. The van der Waals surface area contributed by atoms with Crippen LogP contribution in [-0.4, -0.2) is 25.4 Å². The van der Waals surface area contributed by atoms with Crippen LogP contribution in [0.1, 0.15) is 30.4 Å². The van der Waals surface area contributed by atoms with Crippen molar-refractivity contribution >= 4 is 0 Å². The highest BCUT2D eigenvalue weighted by atomic mass is 15.3. The van der Waals surface area contributed by atoms with Crippen molar-refractivity contribution in [2.75, 3.05) is 14.1 Å². The predicted octanol–water partition coefficient (Wildman–Crippen LogP) is 1.91. The van der Waals surface area contributed by atoms with Gasteiger partial charge in [-0.05, 0) is 44.5 Å². The van der Waals surface area contributed by atoms with Gasteiger partial charge in [0, 0.05) is 5.41 Å². The van der Waals surface area contributed by atoms with E-state index in [0.717, 1.165) is 19.3 Å². The van der Waals surface area contributed by atoms with E-state index >= 15 is 0 Å². The molecular formula is C20H28N4. The van der Waals surface area contributed by atoms with E-state index < -0.39 is 11.3 Å². The monoisotopic (exact) mass is 324 g/mol. The molecule has 0 bridgehead atoms. The molecule has 2 aromatic carbocycles. The van der Waals surface area contributed by atoms with Gasteiger partial charge in [0.25, 0.3) is 0 Å². The van der Waals surface area contributed by atoms with Gasteiger partial charge < -0.3 is 11.5 Å². The molecule has 24 heavy (non-hydrogen) atoms. The molecule has 3 rings (SSSR count). The Morgan fingerprint density at radius 1 is 0.750 bits per heavy atom. The first-order chi connectivity index (χ1) is 11.5. The Morgan fingerprint density at radius 3 is 1.62 bits per heavy atom. The van der Waals surface area contributed by atoms with Crippen LogP contribution in [0.2, 0.25) is 0 Å². The molecule has 4 nitrogen and oxygen atoms in total. The molecule has 0 aromatic heterocycles. The maximum Gasteiger partial charge on any atom is 0.101 e. The van der Waals surface area contributed by atoms with Crippen LogP contribution in [0, 0.1) is 0 Å². The van der Waals surface area contributed by atoms with Gasteiger partial charge in [0.15, 0.2) is 0 Å². The van der Waals surface area contributed by atoms with E-state index in [4.69, 9.17) is 11.5 Å². The molecule has 1 aliphatic carbocycles. The SMILES string of the molecule is CNC1(NC)CC(c2ccccc2)(c2ccccc2)CCC1(N)N. The van der Waals surface area contributed by atoms with Gasteiger partial charge in [-0.3, -0.25) is 10.6 Å². The average Bonchev–Trinajstić information content (AvgIpc) is 2.64. The lowest BCUT2D eigenvalue weighted by Crippen LogP contribution is -2.80. The molecule has 1 fully saturated rings. The Labute approximate surface area is 144 Å². The van der Waals surface area contributed by atoms with Crippen LogP contribution in [0.3, 0.4) is 0 Å². The van der Waals surface area contributed by atoms with Crippen molar-refractivity contribution in [2.45, 2.75) is 36.0 Å². The average molecular weight is 324 g/mol. The number of hydrogen-bond donors (Lipinski definition) is 4. The first-order valence-corrected chi connectivity index (χ1v) is 8.56. The molecule has 1 saturated carbocycles. The van der Waals surface area contributed by atoms with E-state index in [1.807, 2.05) is 14.1 Å². The lowest BCUT2D eigenvalue weighted by molar-refractivity contribution is 0.0559. The second kappa shape index (κ2) is 6.30. The molecule has 0 spiro atoms. The lowest BCUT2D eigenvalue weighted by Gasteiger charge is -2.56. The van der Waals surface area contributed by atoms with Gasteiger partial charge in [-0.1, -0.05) is 60.7 Å². The van der Waals surface area contributed by atoms with Gasteiger partial charge >= 0.3 is 0 Å². The summed E-state index contributed by atoms with van der Waals surface area (Å²) in [4.78, 5) is 0. The second-order valence-corrected chi connectivity index (χ2v) is 6.94. The van der Waals surface area contributed by atoms with Gasteiger partial charge in [0.05, 0.1) is 5.66 Å². The molecule has 0 atom stereocenters. The maximum absolute atomic E-state index is 6.51. The van der Waals surface area contributed by atoms with Crippen LogP contribution < -0.4 is 22.1 Å². The third kappa shape index (κ3) is 2.56. The van der Waals surface area contributed by atoms with Gasteiger partial charge in [-0.2, -0.15) is 0 Å². The van der Waals surface area contributed by atoms with Crippen LogP contribution >= 0.6 is 0 Å². The van der Waals surface area contributed by atoms with Crippen LogP contribution in [0.25, 0.3) is 0 Å². The van der Waals surface area contributed by atoms with E-state index in [1.54, 1.807) is 0 Å². The smallest absolute Gasteiger partial charge is 0.101 e. The minimum absolute atomic E-state index is 0.128. The van der Waals surface area contributed by atoms with E-state index in [2.05, 4.69) is 71.3 Å². The number of nitrogens with one attached hydrogen (secondary N) is 2. The quantitative estimate of drug-likeness (QED) is 0.648. The van der Waals surface area contributed by atoms with Gasteiger partial charge in [0.2, 0.25) is 0 Å². The topological polar surface area (TPSA) is 76.1 Å². The van der Waals surface area contributed by atoms with Crippen molar-refractivity contribution < 1.29 is 0 Å². The fourth-order valence-electron chi connectivity index (χ4n) is 4.28. The third-order valence-corrected chi connectivity index (χ3v) is 5.83. The Kier molecular flexibility index (Phi) is 4.49. The summed E-state index contributed by atoms with van der Waals surface area (Å²) in [6.07, 6.45) is 2.42. The summed E-state index contributed by atoms with van der Waals surface area (Å²) < 4.78 is 0. The fourth-order valence-corrected chi connectivity index (χ4v) is 4.28. The van der Waals surface area contributed by atoms with E-state index in [1.165, 1.54) is 11.1 Å². The van der Waals surface area contributed by atoms with Gasteiger partial charge in [-0.25, -0.2) is 0 Å². The highest BCUT2D eigenvalue weighted by Crippen LogP contribution is 2.48. The minimum atomic E-state index is -0.816. The highest BCUT2D eigenvalue weighted by molar-refractivity contribution is 5.42. The molecule has 1 aliphatic rings. The lowest BCUT2D eigenvalue weighted by atomic mass is 9.59. The third-order valence-electron chi connectivity index (χ3n) is 5.83. The molecule has 6 N–H and O–H groups in total. The van der Waals surface area contributed by atoms with Crippen molar-refractivity contribution in [1.82, 2.24) is 10.6 Å². The van der Waals surface area contributed by atoms with Crippen molar-refractivity contribution in [1.29, 1.82) is 0 Å². The number of nitrogens with two attached hydrogens (primary N) is 2. The van der Waals surface area contributed by atoms with Gasteiger partial charge in [0.1, 0.15) is 5.66 Å². The standard InChI is InChI=1S/C20H28N4/c1-23-20(24-2)15-18(13-14-19(20,21)22,16-9-5-3-6-10-16)17-11-7-4-8-12-17/h3-12,23-24H,13-15,21-22H2,1-2H3. The normalized spacial score (nSPS) is 21.3. The summed E-state index contributed by atoms with van der Waals surface area (Å²) in [6, 6.07) is 21.4. The molecule has 4 heteroatoms. The Morgan fingerprint density at radius 2 is 1.21 bits per heavy atom. The number of hydrogen-bond acceptors (Lipinski definition) is 4. The summed E-state index contributed by atoms with van der Waals surface area (Å²) in [7, 11) is 3.86. The molecule has 0 unspecified atom stereocenters. The van der Waals surface area contributed by atoms with Crippen molar-refractivity contribution in [3.63, 3.8) is 0 Å². The van der Waals surface area contributed by atoms with Crippen LogP contribution in [-0.2, 0) is 5.41 Å². The second-order valence-electron chi connectivity index (χ2n) is 6.94. The molecule has 0 heterocycles. The highest BCUT2D eigenvalue weighted by Gasteiger charge is 2.55. The molecule has 0 radical (unpaired) electrons. The molecular weight excluding hydrogens is 296 g/mol. The Balaban J connectivity index is 2.17. The number of benzene rings is 2. The zero-order chi connectivity index (χ0) is 17.3. The molecule has 2 aromatic rings. The van der Waals surface area contributed by atoms with E-state index in [9.17, 15) is 0 Å². The summed E-state index contributed by atoms with van der Waals surface area (Å²) in [5.74, 6) is 0. The molecule has 0 saturated heterocycles. The maximum atomic E-state index is 6.51. The largest absolute Gasteiger partial charge is 0.311 e. The summed E-state index contributed by atoms with van der Waals surface area (Å²) in [5.41, 5.74) is 14.1. The van der Waals surface area contributed by atoms with Crippen LogP contribution in [0.4, 0.5) is 0 Å². The Hall–Kier alpha value is -1.72. The zero-order valence-electron chi connectivity index (χ0n) is 14.5. The van der Waals surface area contributed by atoms with E-state index in [-0.39, 0.29) is 5.41 Å². The Bertz CT molecular complexity index is 623. The van der Waals surface area contributed by atoms with Crippen LogP contribution in [0.5, 0.6) is 0 Å². The molecule has 0 amide bonds. The van der Waals surface area contributed by atoms with Crippen LogP contribution in [0.15, 0.2) is 60.7 Å². The fraction of sp³-hybridized carbons (Fsp3) is 0.400. The molecule has 0 aliphatic heterocycles. The molecule has 128 valence electrons. The summed E-state index contributed by atoms with van der Waals surface area (Å²) >= 11 is 0. The predicted molar refractivity (Wildman–Crippen MR) is 99.5 cm³/mol. The minimum Gasteiger partial charge on any atom is -0.311 e. The van der Waals surface area contributed by atoms with E-state index in [0.29, 0.717) is 0 Å². The van der Waals surface area contributed by atoms with Crippen molar-refractivity contribution in [2.24, 2.45) is 11.5 Å². The first-order valence-electron chi connectivity index (χ1n) is 8.56. The van der Waals surface area contributed by atoms with Crippen molar-refractivity contribution in [3.05, 3.63) is 71.8 Å². The number of likely N-dealkylation sites (N-methyl/N-ethyl adjacent to an activating group) is 2. The van der Waals surface area contributed by atoms with Gasteiger partial charge in [-0.15, -0.1) is 0 Å². The first kappa shape index (κ1) is 17.1. The number of rotatable bonds is 4. The summed E-state index contributed by atoms with van der Waals surface area (Å²) in [5, 5.41) is 6.78. The van der Waals surface area contributed by atoms with Crippen molar-refractivity contribution in [3.8, 4) is 0 Å². The summed E-state index contributed by atoms with van der Waals surface area (Å²) in [6.45, 7) is 0.